The van der Waals surface area contributed by atoms with Gasteiger partial charge in [0.15, 0.2) is 0 Å². The molecule has 28 heavy (non-hydrogen) atoms. The minimum atomic E-state index is 0.00291. The summed E-state index contributed by atoms with van der Waals surface area (Å²) < 4.78 is 5.81. The molecule has 0 radical (unpaired) electrons. The first-order valence-corrected chi connectivity index (χ1v) is 10.0. The molecule has 2 saturated heterocycles. The van der Waals surface area contributed by atoms with Crippen LogP contribution in [0, 0.1) is 11.3 Å². The van der Waals surface area contributed by atoms with Gasteiger partial charge in [0.2, 0.25) is 0 Å². The molecule has 0 aromatic carbocycles. The number of hydrogen-bond donors (Lipinski definition) is 1. The Bertz CT molecular complexity index is 1070. The molecule has 0 saturated carbocycles. The predicted octanol–water partition coefficient (Wildman–Crippen LogP) is 3.09. The number of nitrogens with zero attached hydrogens (tertiary/aromatic N) is 5. The molecule has 7 nitrogen and oxygen atoms in total. The molecule has 5 heterocycles. The lowest BCUT2D eigenvalue weighted by atomic mass is 9.94. The molecule has 0 amide bonds. The number of nitriles is 1. The van der Waals surface area contributed by atoms with Gasteiger partial charge in [0.1, 0.15) is 33.8 Å². The van der Waals surface area contributed by atoms with Crippen molar-refractivity contribution in [2.45, 2.75) is 18.4 Å². The van der Waals surface area contributed by atoms with Crippen molar-refractivity contribution < 1.29 is 4.74 Å². The molecule has 5 rings (SSSR count). The van der Waals surface area contributed by atoms with E-state index in [0.29, 0.717) is 28.3 Å². The zero-order valence-electron chi connectivity index (χ0n) is 15.1. The van der Waals surface area contributed by atoms with Crippen LogP contribution in [-0.2, 0) is 4.74 Å². The van der Waals surface area contributed by atoms with Gasteiger partial charge in [0, 0.05) is 31.1 Å². The molecular weight excluding hydrogens is 372 g/mol. The summed E-state index contributed by atoms with van der Waals surface area (Å²) in [7, 11) is 0. The predicted molar refractivity (Wildman–Crippen MR) is 108 cm³/mol. The van der Waals surface area contributed by atoms with Crippen LogP contribution >= 0.6 is 11.3 Å². The van der Waals surface area contributed by atoms with E-state index >= 15 is 0 Å². The zero-order valence-corrected chi connectivity index (χ0v) is 15.9. The molecule has 3 aromatic rings. The number of pyridine rings is 2. The van der Waals surface area contributed by atoms with Crippen LogP contribution in [0.2, 0.25) is 0 Å². The minimum absolute atomic E-state index is 0.00291. The first-order valence-electron chi connectivity index (χ1n) is 9.14. The molecule has 1 atom stereocenters. The first kappa shape index (κ1) is 17.1. The third-order valence-electron chi connectivity index (χ3n) is 5.40. The van der Waals surface area contributed by atoms with E-state index in [9.17, 15) is 5.26 Å². The highest BCUT2D eigenvalue weighted by atomic mass is 32.1. The fourth-order valence-electron chi connectivity index (χ4n) is 3.81. The Hall–Kier alpha value is -3.02. The standard InChI is InChI=1S/C20H18N6OS/c21-11-13-14(22)10-16(19-23-6-9-28-19)25-18(13)15-2-1-3-17(24-15)26-7-4-20(12-26)5-8-27-20/h1-3,6,9-10H,4-5,7-8,12H2,(H2,22,25). The molecule has 0 bridgehead atoms. The smallest absolute Gasteiger partial charge is 0.141 e. The lowest BCUT2D eigenvalue weighted by Gasteiger charge is -2.38. The number of hydrogen-bond acceptors (Lipinski definition) is 8. The summed E-state index contributed by atoms with van der Waals surface area (Å²) in [6, 6.07) is 9.67. The zero-order chi connectivity index (χ0) is 19.1. The topological polar surface area (TPSA) is 101 Å². The van der Waals surface area contributed by atoms with E-state index in [1.54, 1.807) is 12.3 Å². The van der Waals surface area contributed by atoms with E-state index < -0.39 is 0 Å². The van der Waals surface area contributed by atoms with Gasteiger partial charge < -0.3 is 15.4 Å². The number of nitrogen functional groups attached to an aromatic ring is 1. The Morgan fingerprint density at radius 2 is 2.14 bits per heavy atom. The molecule has 0 aliphatic carbocycles. The lowest BCUT2D eigenvalue weighted by molar-refractivity contribution is -0.130. The van der Waals surface area contributed by atoms with Crippen molar-refractivity contribution in [3.8, 4) is 28.2 Å². The van der Waals surface area contributed by atoms with Crippen LogP contribution in [0.25, 0.3) is 22.1 Å². The Balaban J connectivity index is 1.55. The van der Waals surface area contributed by atoms with E-state index in [1.165, 1.54) is 11.3 Å². The molecule has 140 valence electrons. The summed E-state index contributed by atoms with van der Waals surface area (Å²) in [6.45, 7) is 2.61. The van der Waals surface area contributed by atoms with Crippen molar-refractivity contribution in [2.75, 3.05) is 30.3 Å². The van der Waals surface area contributed by atoms with Crippen LogP contribution in [0.5, 0.6) is 0 Å². The average Bonchev–Trinajstić information content (AvgIpc) is 3.37. The normalized spacial score (nSPS) is 20.9. The number of thiazole rings is 1. The van der Waals surface area contributed by atoms with Crippen molar-refractivity contribution in [1.82, 2.24) is 15.0 Å². The Kier molecular flexibility index (Phi) is 4.00. The highest BCUT2D eigenvalue weighted by Crippen LogP contribution is 2.38. The van der Waals surface area contributed by atoms with Crippen LogP contribution in [0.4, 0.5) is 11.5 Å². The van der Waals surface area contributed by atoms with Crippen molar-refractivity contribution in [2.24, 2.45) is 0 Å². The van der Waals surface area contributed by atoms with Crippen LogP contribution in [0.1, 0.15) is 18.4 Å². The maximum atomic E-state index is 9.63. The molecule has 2 N–H and O–H groups in total. The summed E-state index contributed by atoms with van der Waals surface area (Å²) in [6.07, 6.45) is 3.85. The van der Waals surface area contributed by atoms with E-state index in [1.807, 2.05) is 23.6 Å². The van der Waals surface area contributed by atoms with Gasteiger partial charge >= 0.3 is 0 Å². The van der Waals surface area contributed by atoms with E-state index in [-0.39, 0.29) is 5.60 Å². The Labute approximate surface area is 166 Å². The highest BCUT2D eigenvalue weighted by molar-refractivity contribution is 7.13. The summed E-state index contributed by atoms with van der Waals surface area (Å²) in [5, 5.41) is 12.3. The molecule has 2 fully saturated rings. The van der Waals surface area contributed by atoms with Crippen LogP contribution in [0.15, 0.2) is 35.8 Å². The average molecular weight is 390 g/mol. The molecule has 2 aliphatic heterocycles. The largest absolute Gasteiger partial charge is 0.398 e. The minimum Gasteiger partial charge on any atom is -0.398 e. The van der Waals surface area contributed by atoms with E-state index in [4.69, 9.17) is 15.5 Å². The molecule has 3 aromatic heterocycles. The Morgan fingerprint density at radius 3 is 2.82 bits per heavy atom. The summed E-state index contributed by atoms with van der Waals surface area (Å²) in [5.41, 5.74) is 8.65. The molecular formula is C20H18N6OS. The number of ether oxygens (including phenoxy) is 1. The third-order valence-corrected chi connectivity index (χ3v) is 6.19. The van der Waals surface area contributed by atoms with Crippen molar-refractivity contribution in [1.29, 1.82) is 5.26 Å². The quantitative estimate of drug-likeness (QED) is 0.733. The van der Waals surface area contributed by atoms with E-state index in [2.05, 4.69) is 20.9 Å². The second-order valence-electron chi connectivity index (χ2n) is 7.10. The van der Waals surface area contributed by atoms with Gasteiger partial charge in [-0.15, -0.1) is 11.3 Å². The van der Waals surface area contributed by atoms with E-state index in [0.717, 1.165) is 43.4 Å². The first-order chi connectivity index (χ1) is 13.7. The number of nitrogens with two attached hydrogens (primary N) is 1. The lowest BCUT2D eigenvalue weighted by Crippen LogP contribution is -2.46. The summed E-state index contributed by atoms with van der Waals surface area (Å²) in [4.78, 5) is 16.0. The van der Waals surface area contributed by atoms with Gasteiger partial charge in [0.25, 0.3) is 0 Å². The van der Waals surface area contributed by atoms with Crippen LogP contribution < -0.4 is 10.6 Å². The van der Waals surface area contributed by atoms with Crippen molar-refractivity contribution in [3.05, 3.63) is 41.4 Å². The van der Waals surface area contributed by atoms with Gasteiger partial charge in [-0.25, -0.2) is 15.0 Å². The van der Waals surface area contributed by atoms with Gasteiger partial charge in [-0.2, -0.15) is 5.26 Å². The van der Waals surface area contributed by atoms with Gasteiger partial charge in [-0.1, -0.05) is 6.07 Å². The molecule has 8 heteroatoms. The van der Waals surface area contributed by atoms with Crippen molar-refractivity contribution in [3.63, 3.8) is 0 Å². The summed E-state index contributed by atoms with van der Waals surface area (Å²) >= 11 is 1.48. The van der Waals surface area contributed by atoms with Crippen LogP contribution in [0.3, 0.4) is 0 Å². The number of aromatic nitrogens is 3. The maximum absolute atomic E-state index is 9.63. The second-order valence-corrected chi connectivity index (χ2v) is 8.00. The second kappa shape index (κ2) is 6.55. The maximum Gasteiger partial charge on any atom is 0.141 e. The van der Waals surface area contributed by atoms with Crippen LogP contribution in [-0.4, -0.2) is 40.2 Å². The SMILES string of the molecule is N#Cc1c(N)cc(-c2nccs2)nc1-c1cccc(N2CCC3(CCO3)C2)n1. The van der Waals surface area contributed by atoms with Gasteiger partial charge in [0.05, 0.1) is 23.6 Å². The summed E-state index contributed by atoms with van der Waals surface area (Å²) in [5.74, 6) is 0.869. The fourth-order valence-corrected chi connectivity index (χ4v) is 4.41. The fraction of sp³-hybridized carbons (Fsp3) is 0.300. The molecule has 1 spiro atoms. The third kappa shape index (κ3) is 2.80. The molecule has 2 aliphatic rings. The Morgan fingerprint density at radius 1 is 1.25 bits per heavy atom. The number of anilines is 2. The van der Waals surface area contributed by atoms with Gasteiger partial charge in [-0.05, 0) is 24.6 Å². The highest BCUT2D eigenvalue weighted by Gasteiger charge is 2.44. The van der Waals surface area contributed by atoms with Crippen molar-refractivity contribution >= 4 is 22.8 Å². The number of rotatable bonds is 3. The molecule has 1 unspecified atom stereocenters. The monoisotopic (exact) mass is 390 g/mol. The van der Waals surface area contributed by atoms with Gasteiger partial charge in [-0.3, -0.25) is 0 Å².